The summed E-state index contributed by atoms with van der Waals surface area (Å²) in [4.78, 5) is 19.6. The Morgan fingerprint density at radius 2 is 2.23 bits per heavy atom. The largest absolute Gasteiger partial charge is 0.348 e. The van der Waals surface area contributed by atoms with Crippen molar-refractivity contribution < 1.29 is 4.79 Å². The fourth-order valence-corrected chi connectivity index (χ4v) is 5.13. The number of benzene rings is 1. The van der Waals surface area contributed by atoms with Crippen LogP contribution in [0.15, 0.2) is 18.2 Å². The second-order valence-electron chi connectivity index (χ2n) is 7.71. The summed E-state index contributed by atoms with van der Waals surface area (Å²) in [5.41, 5.74) is 1.91. The van der Waals surface area contributed by atoms with Gasteiger partial charge in [0.2, 0.25) is 5.91 Å². The van der Waals surface area contributed by atoms with Crippen LogP contribution in [-0.4, -0.2) is 37.1 Å². The predicted octanol–water partition coefficient (Wildman–Crippen LogP) is 3.86. The zero-order valence-electron chi connectivity index (χ0n) is 15.5. The number of fused-ring (bicyclic) bond motifs is 1. The van der Waals surface area contributed by atoms with Gasteiger partial charge in [0, 0.05) is 25.2 Å². The highest BCUT2D eigenvalue weighted by atomic mass is 32.1. The number of nitrogens with zero attached hydrogens (tertiary/aromatic N) is 2. The summed E-state index contributed by atoms with van der Waals surface area (Å²) in [7, 11) is 0. The highest BCUT2D eigenvalue weighted by Gasteiger charge is 2.22. The third kappa shape index (κ3) is 4.01. The molecule has 2 atom stereocenters. The quantitative estimate of drug-likeness (QED) is 0.837. The average molecular weight is 373 g/mol. The number of hydrogen-bond acceptors (Lipinski definition) is 5. The molecule has 0 aliphatic carbocycles. The van der Waals surface area contributed by atoms with E-state index in [1.165, 1.54) is 25.7 Å². The highest BCUT2D eigenvalue weighted by Crippen LogP contribution is 2.32. The van der Waals surface area contributed by atoms with Crippen LogP contribution < -0.4 is 15.5 Å². The van der Waals surface area contributed by atoms with E-state index in [1.807, 2.05) is 12.1 Å². The fourth-order valence-electron chi connectivity index (χ4n) is 4.07. The van der Waals surface area contributed by atoms with E-state index in [4.69, 9.17) is 4.98 Å². The molecule has 0 saturated carbocycles. The van der Waals surface area contributed by atoms with Crippen molar-refractivity contribution in [3.63, 3.8) is 0 Å². The topological polar surface area (TPSA) is 57.3 Å². The Bertz CT molecular complexity index is 762. The van der Waals surface area contributed by atoms with Gasteiger partial charge in [0.05, 0.1) is 10.2 Å². The predicted molar refractivity (Wildman–Crippen MR) is 109 cm³/mol. The lowest BCUT2D eigenvalue weighted by Crippen LogP contribution is -2.34. The van der Waals surface area contributed by atoms with Crippen molar-refractivity contribution >= 4 is 38.3 Å². The van der Waals surface area contributed by atoms with Crippen LogP contribution in [0.5, 0.6) is 0 Å². The first-order chi connectivity index (χ1) is 12.7. The van der Waals surface area contributed by atoms with E-state index >= 15 is 0 Å². The van der Waals surface area contributed by atoms with E-state index in [1.54, 1.807) is 11.3 Å². The van der Waals surface area contributed by atoms with Crippen LogP contribution in [0.4, 0.5) is 10.8 Å². The second kappa shape index (κ2) is 7.92. The summed E-state index contributed by atoms with van der Waals surface area (Å²) in [6.07, 6.45) is 5.55. The van der Waals surface area contributed by atoms with Crippen LogP contribution in [0.25, 0.3) is 10.2 Å². The number of thiazole rings is 1. The molecule has 26 heavy (non-hydrogen) atoms. The normalized spacial score (nSPS) is 21.9. The Morgan fingerprint density at radius 1 is 1.38 bits per heavy atom. The molecule has 5 nitrogen and oxygen atoms in total. The van der Waals surface area contributed by atoms with Gasteiger partial charge in [-0.05, 0) is 68.8 Å². The van der Waals surface area contributed by atoms with Crippen LogP contribution in [-0.2, 0) is 4.79 Å². The molecule has 0 bridgehead atoms. The maximum Gasteiger partial charge on any atom is 0.224 e. The number of hydrogen-bond donors (Lipinski definition) is 2. The second-order valence-corrected chi connectivity index (χ2v) is 8.72. The first-order valence-electron chi connectivity index (χ1n) is 9.85. The summed E-state index contributed by atoms with van der Waals surface area (Å²) in [6, 6.07) is 6.06. The zero-order chi connectivity index (χ0) is 17.9. The van der Waals surface area contributed by atoms with E-state index in [0.717, 1.165) is 47.2 Å². The van der Waals surface area contributed by atoms with Gasteiger partial charge < -0.3 is 15.5 Å². The van der Waals surface area contributed by atoms with Gasteiger partial charge in [-0.2, -0.15) is 0 Å². The molecule has 2 saturated heterocycles. The molecule has 0 spiro atoms. The smallest absolute Gasteiger partial charge is 0.224 e. The maximum absolute atomic E-state index is 12.5. The lowest BCUT2D eigenvalue weighted by atomic mass is 9.85. The lowest BCUT2D eigenvalue weighted by molar-refractivity contribution is -0.117. The minimum atomic E-state index is 0.117. The minimum absolute atomic E-state index is 0.117. The molecular formula is C20H28N4OS. The number of amides is 1. The molecule has 1 amide bonds. The average Bonchev–Trinajstić information content (AvgIpc) is 3.31. The van der Waals surface area contributed by atoms with Gasteiger partial charge in [-0.25, -0.2) is 4.98 Å². The zero-order valence-corrected chi connectivity index (χ0v) is 16.3. The standard InChI is InChI=1S/C20H28N4OS/c1-14(15-5-4-8-21-13-15)11-19(25)22-16-6-7-17-18(12-16)26-20(23-17)24-9-2-3-10-24/h6-7,12,14-15,21H,2-5,8-11,13H2,1H3,(H,22,25). The number of carbonyl (C=O) groups is 1. The van der Waals surface area contributed by atoms with Crippen molar-refractivity contribution in [1.29, 1.82) is 0 Å². The van der Waals surface area contributed by atoms with Gasteiger partial charge >= 0.3 is 0 Å². The molecule has 2 unspecified atom stereocenters. The van der Waals surface area contributed by atoms with Crippen molar-refractivity contribution in [1.82, 2.24) is 10.3 Å². The summed E-state index contributed by atoms with van der Waals surface area (Å²) < 4.78 is 1.15. The molecule has 0 radical (unpaired) electrons. The summed E-state index contributed by atoms with van der Waals surface area (Å²) in [6.45, 7) is 6.57. The Balaban J connectivity index is 1.39. The van der Waals surface area contributed by atoms with Crippen molar-refractivity contribution in [2.45, 2.75) is 39.0 Å². The molecule has 140 valence electrons. The third-order valence-corrected chi connectivity index (χ3v) is 6.76. The van der Waals surface area contributed by atoms with Gasteiger partial charge in [0.1, 0.15) is 0 Å². The highest BCUT2D eigenvalue weighted by molar-refractivity contribution is 7.22. The van der Waals surface area contributed by atoms with E-state index < -0.39 is 0 Å². The Morgan fingerprint density at radius 3 is 3.00 bits per heavy atom. The molecule has 2 aromatic rings. The SMILES string of the molecule is CC(CC(=O)Nc1ccc2nc(N3CCCC3)sc2c1)C1CCCNC1. The molecular weight excluding hydrogens is 344 g/mol. The fraction of sp³-hybridized carbons (Fsp3) is 0.600. The van der Waals surface area contributed by atoms with Crippen molar-refractivity contribution in [3.8, 4) is 0 Å². The van der Waals surface area contributed by atoms with E-state index in [9.17, 15) is 4.79 Å². The molecule has 4 rings (SSSR count). The Kier molecular flexibility index (Phi) is 5.41. The lowest BCUT2D eigenvalue weighted by Gasteiger charge is -2.28. The minimum Gasteiger partial charge on any atom is -0.348 e. The van der Waals surface area contributed by atoms with Gasteiger partial charge in [0.15, 0.2) is 5.13 Å². The maximum atomic E-state index is 12.5. The summed E-state index contributed by atoms with van der Waals surface area (Å²) >= 11 is 1.73. The summed E-state index contributed by atoms with van der Waals surface area (Å²) in [5.74, 6) is 1.14. The van der Waals surface area contributed by atoms with Crippen molar-refractivity contribution in [2.24, 2.45) is 11.8 Å². The van der Waals surface area contributed by atoms with Gasteiger partial charge in [0.25, 0.3) is 0 Å². The first kappa shape index (κ1) is 17.7. The molecule has 1 aromatic heterocycles. The van der Waals surface area contributed by atoms with Gasteiger partial charge in [-0.15, -0.1) is 0 Å². The number of rotatable bonds is 5. The van der Waals surface area contributed by atoms with Crippen molar-refractivity contribution in [3.05, 3.63) is 18.2 Å². The van der Waals surface area contributed by atoms with Gasteiger partial charge in [-0.3, -0.25) is 4.79 Å². The van der Waals surface area contributed by atoms with Crippen LogP contribution in [0.3, 0.4) is 0 Å². The van der Waals surface area contributed by atoms with Crippen LogP contribution in [0, 0.1) is 11.8 Å². The molecule has 6 heteroatoms. The first-order valence-corrected chi connectivity index (χ1v) is 10.7. The number of nitrogens with one attached hydrogen (secondary N) is 2. The van der Waals surface area contributed by atoms with Crippen LogP contribution in [0.1, 0.15) is 39.0 Å². The molecule has 2 fully saturated rings. The molecule has 2 N–H and O–H groups in total. The third-order valence-electron chi connectivity index (χ3n) is 5.68. The molecule has 1 aromatic carbocycles. The Hall–Kier alpha value is -1.66. The van der Waals surface area contributed by atoms with Gasteiger partial charge in [-0.1, -0.05) is 18.3 Å². The van der Waals surface area contributed by atoms with E-state index in [2.05, 4.69) is 28.5 Å². The number of piperidine rings is 1. The number of aromatic nitrogens is 1. The van der Waals surface area contributed by atoms with Crippen molar-refractivity contribution in [2.75, 3.05) is 36.4 Å². The summed E-state index contributed by atoms with van der Waals surface area (Å²) in [5, 5.41) is 7.64. The monoisotopic (exact) mass is 372 g/mol. The van der Waals surface area contributed by atoms with E-state index in [-0.39, 0.29) is 5.91 Å². The van der Waals surface area contributed by atoms with Crippen LogP contribution in [0.2, 0.25) is 0 Å². The molecule has 2 aliphatic rings. The van der Waals surface area contributed by atoms with E-state index in [0.29, 0.717) is 18.3 Å². The Labute approximate surface area is 159 Å². The molecule has 3 heterocycles. The number of carbonyl (C=O) groups excluding carboxylic acids is 1. The number of anilines is 2. The van der Waals surface area contributed by atoms with Crippen LogP contribution >= 0.6 is 11.3 Å². The molecule has 2 aliphatic heterocycles.